The van der Waals surface area contributed by atoms with Gasteiger partial charge in [-0.2, -0.15) is 0 Å². The quantitative estimate of drug-likeness (QED) is 0.538. The Morgan fingerprint density at radius 2 is 1.86 bits per heavy atom. The van der Waals surface area contributed by atoms with Crippen molar-refractivity contribution in [3.63, 3.8) is 0 Å². The molecule has 0 radical (unpaired) electrons. The lowest BCUT2D eigenvalue weighted by Gasteiger charge is -2.03. The Hall–Kier alpha value is -3.87. The van der Waals surface area contributed by atoms with Crippen LogP contribution in [0, 0.1) is 5.82 Å². The van der Waals surface area contributed by atoms with Crippen molar-refractivity contribution in [2.24, 2.45) is 0 Å². The molecule has 3 heterocycles. The number of imidazole rings is 1. The Morgan fingerprint density at radius 1 is 1.04 bits per heavy atom. The molecule has 0 atom stereocenters. The van der Waals surface area contributed by atoms with Crippen LogP contribution in [0.15, 0.2) is 66.9 Å². The predicted molar refractivity (Wildman–Crippen MR) is 99.9 cm³/mol. The first kappa shape index (κ1) is 16.3. The highest BCUT2D eigenvalue weighted by molar-refractivity contribution is 6.05. The van der Waals surface area contributed by atoms with Gasteiger partial charge in [0.1, 0.15) is 5.82 Å². The smallest absolute Gasteiger partial charge is 0.311 e. The van der Waals surface area contributed by atoms with E-state index in [1.54, 1.807) is 30.3 Å². The summed E-state index contributed by atoms with van der Waals surface area (Å²) in [6, 6.07) is 16.8. The van der Waals surface area contributed by atoms with Gasteiger partial charge in [0.25, 0.3) is 5.82 Å². The third-order valence-electron chi connectivity index (χ3n) is 4.59. The molecule has 0 bridgehead atoms. The van der Waals surface area contributed by atoms with E-state index < -0.39 is 0 Å². The van der Waals surface area contributed by atoms with Gasteiger partial charge >= 0.3 is 5.91 Å². The van der Waals surface area contributed by atoms with Crippen LogP contribution in [0.4, 0.5) is 10.2 Å². The van der Waals surface area contributed by atoms with Crippen molar-refractivity contribution in [3.8, 4) is 22.8 Å². The normalized spacial score (nSPS) is 12.3. The molecule has 0 spiro atoms. The number of nitrogens with zero attached hydrogens (tertiary/aromatic N) is 1. The zero-order valence-electron chi connectivity index (χ0n) is 14.6. The van der Waals surface area contributed by atoms with Crippen LogP contribution in [-0.4, -0.2) is 17.7 Å². The van der Waals surface area contributed by atoms with Crippen LogP contribution >= 0.6 is 0 Å². The fourth-order valence-electron chi connectivity index (χ4n) is 3.21. The van der Waals surface area contributed by atoms with Gasteiger partial charge in [-0.25, -0.2) is 14.1 Å². The van der Waals surface area contributed by atoms with Gasteiger partial charge in [-0.3, -0.25) is 9.78 Å². The van der Waals surface area contributed by atoms with Crippen molar-refractivity contribution >= 4 is 17.4 Å². The van der Waals surface area contributed by atoms with Gasteiger partial charge in [0.2, 0.25) is 12.4 Å². The summed E-state index contributed by atoms with van der Waals surface area (Å²) in [6.07, 6.45) is 1.84. The van der Waals surface area contributed by atoms with E-state index in [9.17, 15) is 9.18 Å². The molecule has 1 aliphatic rings. The molecule has 0 saturated heterocycles. The Morgan fingerprint density at radius 3 is 2.71 bits per heavy atom. The molecule has 1 amide bonds. The van der Waals surface area contributed by atoms with Gasteiger partial charge in [0, 0.05) is 11.6 Å². The van der Waals surface area contributed by atoms with E-state index in [0.29, 0.717) is 28.6 Å². The van der Waals surface area contributed by atoms with Crippen LogP contribution in [0.3, 0.4) is 0 Å². The van der Waals surface area contributed by atoms with Crippen molar-refractivity contribution in [2.75, 3.05) is 12.1 Å². The first-order valence-corrected chi connectivity index (χ1v) is 8.68. The number of halogens is 1. The van der Waals surface area contributed by atoms with E-state index in [1.165, 1.54) is 12.1 Å². The minimum absolute atomic E-state index is 0.146. The Balaban J connectivity index is 1.57. The van der Waals surface area contributed by atoms with Gasteiger partial charge in [-0.1, -0.05) is 6.07 Å². The molecule has 2 aromatic heterocycles. The zero-order chi connectivity index (χ0) is 19.1. The third-order valence-corrected chi connectivity index (χ3v) is 4.59. The molecule has 5 rings (SSSR count). The van der Waals surface area contributed by atoms with E-state index in [0.717, 1.165) is 11.2 Å². The number of rotatable bonds is 3. The lowest BCUT2D eigenvalue weighted by atomic mass is 10.1. The van der Waals surface area contributed by atoms with Gasteiger partial charge in [0.05, 0.1) is 11.8 Å². The zero-order valence-corrected chi connectivity index (χ0v) is 14.6. The number of carbonyl (C=O) groups is 1. The van der Waals surface area contributed by atoms with Crippen LogP contribution in [0.2, 0.25) is 0 Å². The summed E-state index contributed by atoms with van der Waals surface area (Å²) in [5.41, 5.74) is 2.68. The fourth-order valence-corrected chi connectivity index (χ4v) is 3.21. The highest BCUT2D eigenvalue weighted by atomic mass is 19.1. The average molecular weight is 376 g/mol. The summed E-state index contributed by atoms with van der Waals surface area (Å²) in [5, 5.41) is 2.96. The van der Waals surface area contributed by atoms with E-state index >= 15 is 0 Å². The summed E-state index contributed by atoms with van der Waals surface area (Å²) in [5.74, 6) is 1.10. The number of hydrogen-bond donors (Lipinski definition) is 2. The third kappa shape index (κ3) is 2.73. The second kappa shape index (κ2) is 6.38. The number of aromatic amines is 1. The molecular weight excluding hydrogens is 361 g/mol. The largest absolute Gasteiger partial charge is 0.454 e. The number of fused-ring (bicyclic) bond motifs is 2. The molecule has 7 heteroatoms. The molecule has 0 unspecified atom stereocenters. The molecular formula is C21H15FN3O3+. The summed E-state index contributed by atoms with van der Waals surface area (Å²) < 4.78 is 25.8. The monoisotopic (exact) mass is 376 g/mol. The second-order valence-corrected chi connectivity index (χ2v) is 6.33. The summed E-state index contributed by atoms with van der Waals surface area (Å²) in [7, 11) is 0. The average Bonchev–Trinajstić information content (AvgIpc) is 3.33. The van der Waals surface area contributed by atoms with E-state index in [4.69, 9.17) is 9.47 Å². The standard InChI is InChI=1S/C21H14FN3O3/c22-15-7-4-13(5-8-15)19-20(25-10-2-1-3-18(25)23-19)24-21(26)14-6-9-16-17(11-14)28-12-27-16/h1-11H,12H2,(H,24,26)/p+1. The van der Waals surface area contributed by atoms with Gasteiger partial charge in [-0.05, 0) is 48.5 Å². The number of anilines is 1. The molecule has 0 saturated carbocycles. The van der Waals surface area contributed by atoms with Crippen molar-refractivity contribution in [3.05, 3.63) is 78.2 Å². The highest BCUT2D eigenvalue weighted by Crippen LogP contribution is 2.33. The number of pyridine rings is 1. The maximum Gasteiger partial charge on any atom is 0.311 e. The Bertz CT molecular complexity index is 1200. The summed E-state index contributed by atoms with van der Waals surface area (Å²) >= 11 is 0. The molecule has 28 heavy (non-hydrogen) atoms. The van der Waals surface area contributed by atoms with Gasteiger partial charge < -0.3 is 9.47 Å². The van der Waals surface area contributed by atoms with Crippen LogP contribution in [-0.2, 0) is 0 Å². The number of hydrogen-bond acceptors (Lipinski definition) is 3. The molecule has 4 aromatic rings. The molecule has 2 N–H and O–H groups in total. The van der Waals surface area contributed by atoms with Crippen molar-refractivity contribution < 1.29 is 23.1 Å². The van der Waals surface area contributed by atoms with Crippen molar-refractivity contribution in [1.82, 2.24) is 4.98 Å². The first-order valence-electron chi connectivity index (χ1n) is 8.68. The van der Waals surface area contributed by atoms with Crippen LogP contribution < -0.4 is 19.2 Å². The first-order chi connectivity index (χ1) is 13.7. The number of nitrogens with one attached hydrogen (secondary N) is 2. The maximum absolute atomic E-state index is 13.3. The van der Waals surface area contributed by atoms with Crippen LogP contribution in [0.1, 0.15) is 10.4 Å². The summed E-state index contributed by atoms with van der Waals surface area (Å²) in [4.78, 5) is 16.2. The highest BCUT2D eigenvalue weighted by Gasteiger charge is 2.24. The number of H-pyrrole nitrogens is 1. The number of amides is 1. The number of ether oxygens (including phenoxy) is 2. The summed E-state index contributed by atoms with van der Waals surface area (Å²) in [6.45, 7) is 0.146. The second-order valence-electron chi connectivity index (χ2n) is 6.33. The molecule has 138 valence electrons. The maximum atomic E-state index is 13.3. The van der Waals surface area contributed by atoms with Gasteiger partial charge in [0.15, 0.2) is 17.2 Å². The van der Waals surface area contributed by atoms with Crippen molar-refractivity contribution in [2.45, 2.75) is 0 Å². The van der Waals surface area contributed by atoms with Crippen molar-refractivity contribution in [1.29, 1.82) is 0 Å². The molecule has 2 aromatic carbocycles. The SMILES string of the molecule is O=C(Nc1c(-c2ccc(F)cc2)[nH]c2cccc[n+]12)c1ccc2c(c1)OCO2. The van der Waals surface area contributed by atoms with E-state index in [2.05, 4.69) is 10.3 Å². The van der Waals surface area contributed by atoms with Gasteiger partial charge in [-0.15, -0.1) is 0 Å². The van der Waals surface area contributed by atoms with Crippen LogP contribution in [0.25, 0.3) is 16.9 Å². The minimum Gasteiger partial charge on any atom is -0.454 e. The predicted octanol–water partition coefficient (Wildman–Crippen LogP) is 3.54. The minimum atomic E-state index is -0.321. The van der Waals surface area contributed by atoms with E-state index in [-0.39, 0.29) is 18.5 Å². The molecule has 1 aliphatic heterocycles. The Labute approximate surface area is 159 Å². The molecule has 0 fully saturated rings. The lowest BCUT2D eigenvalue weighted by molar-refractivity contribution is -0.493. The topological polar surface area (TPSA) is 67.5 Å². The number of carbonyl (C=O) groups excluding carboxylic acids is 1. The number of aromatic nitrogens is 2. The van der Waals surface area contributed by atoms with Crippen LogP contribution in [0.5, 0.6) is 11.5 Å². The fraction of sp³-hybridized carbons (Fsp3) is 0.0476. The lowest BCUT2D eigenvalue weighted by Crippen LogP contribution is -2.26. The van der Waals surface area contributed by atoms with E-state index in [1.807, 2.05) is 28.8 Å². The Kier molecular flexibility index (Phi) is 3.72. The number of benzene rings is 2. The molecule has 0 aliphatic carbocycles. The molecule has 6 nitrogen and oxygen atoms in total.